The molecule has 0 saturated carbocycles. The molecule has 150 valence electrons. The third-order valence-electron chi connectivity index (χ3n) is 3.92. The molecule has 0 saturated heterocycles. The van der Waals surface area contributed by atoms with E-state index in [1.807, 2.05) is 24.3 Å². The second-order valence-electron chi connectivity index (χ2n) is 6.12. The monoisotopic (exact) mass is 504 g/mol. The van der Waals surface area contributed by atoms with E-state index in [1.165, 1.54) is 0 Å². The number of para-hydroxylation sites is 1. The maximum absolute atomic E-state index is 11.9. The van der Waals surface area contributed by atoms with Crippen LogP contribution in [0.4, 0.5) is 0 Å². The second-order valence-corrected chi connectivity index (χ2v) is 7.27. The molecule has 1 unspecified atom stereocenters. The lowest BCUT2D eigenvalue weighted by Gasteiger charge is -2.28. The molecule has 0 bridgehead atoms. The Kier molecular flexibility index (Phi) is 11.3. The Balaban J connectivity index is 0.00000364. The van der Waals surface area contributed by atoms with Crippen LogP contribution in [0.3, 0.4) is 0 Å². The molecular formula is C19H29IN4O2S. The number of fused-ring (bicyclic) bond motifs is 1. The average Bonchev–Trinajstić information content (AvgIpc) is 2.65. The van der Waals surface area contributed by atoms with Crippen molar-refractivity contribution in [3.63, 3.8) is 0 Å². The molecule has 1 aromatic carbocycles. The van der Waals surface area contributed by atoms with Crippen LogP contribution in [0.2, 0.25) is 0 Å². The van der Waals surface area contributed by atoms with Crippen molar-refractivity contribution in [2.24, 2.45) is 4.99 Å². The van der Waals surface area contributed by atoms with E-state index in [9.17, 15) is 4.79 Å². The summed E-state index contributed by atoms with van der Waals surface area (Å²) in [5.74, 6) is 3.40. The van der Waals surface area contributed by atoms with Crippen LogP contribution in [0.25, 0.3) is 0 Å². The van der Waals surface area contributed by atoms with Gasteiger partial charge in [-0.1, -0.05) is 24.3 Å². The highest BCUT2D eigenvalue weighted by atomic mass is 127. The number of rotatable bonds is 8. The first-order chi connectivity index (χ1) is 12.6. The molecule has 8 heteroatoms. The number of nitrogens with one attached hydrogen (secondary N) is 2. The van der Waals surface area contributed by atoms with Gasteiger partial charge in [0.25, 0.3) is 0 Å². The summed E-state index contributed by atoms with van der Waals surface area (Å²) in [6.07, 6.45) is 2.75. The summed E-state index contributed by atoms with van der Waals surface area (Å²) in [6, 6.07) is 8.14. The van der Waals surface area contributed by atoms with Crippen molar-refractivity contribution in [3.05, 3.63) is 42.5 Å². The van der Waals surface area contributed by atoms with Gasteiger partial charge in [0.1, 0.15) is 12.3 Å². The summed E-state index contributed by atoms with van der Waals surface area (Å²) >= 11 is 1.80. The topological polar surface area (TPSA) is 66.0 Å². The number of likely N-dealkylation sites (N-methyl/N-ethyl adjacent to an activating group) is 1. The summed E-state index contributed by atoms with van der Waals surface area (Å²) in [7, 11) is 3.47. The fourth-order valence-corrected chi connectivity index (χ4v) is 3.09. The number of guanidine groups is 1. The molecule has 0 spiro atoms. The van der Waals surface area contributed by atoms with E-state index in [4.69, 9.17) is 4.74 Å². The maximum Gasteiger partial charge on any atom is 0.243 e. The Morgan fingerprint density at radius 1 is 1.44 bits per heavy atom. The van der Waals surface area contributed by atoms with Crippen molar-refractivity contribution < 1.29 is 9.53 Å². The van der Waals surface area contributed by atoms with Gasteiger partial charge in [-0.15, -0.1) is 30.6 Å². The van der Waals surface area contributed by atoms with Crippen molar-refractivity contribution in [1.29, 1.82) is 0 Å². The minimum Gasteiger partial charge on any atom is -0.493 e. The predicted molar refractivity (Wildman–Crippen MR) is 124 cm³/mol. The SMILES string of the molecule is C=CCSCCNC(=NCC(=O)N(C)C)NC1CCOc2ccccc21.I. The van der Waals surface area contributed by atoms with Gasteiger partial charge in [-0.2, -0.15) is 11.8 Å². The highest BCUT2D eigenvalue weighted by molar-refractivity contribution is 14.0. The molecule has 2 N–H and O–H groups in total. The van der Waals surface area contributed by atoms with Gasteiger partial charge in [0, 0.05) is 44.1 Å². The van der Waals surface area contributed by atoms with Crippen LogP contribution >= 0.6 is 35.7 Å². The second kappa shape index (κ2) is 12.9. The summed E-state index contributed by atoms with van der Waals surface area (Å²) in [5, 5.41) is 6.78. The molecule has 1 heterocycles. The number of aliphatic imine (C=N–C) groups is 1. The minimum atomic E-state index is -0.0282. The molecule has 1 aliphatic rings. The number of benzene rings is 1. The summed E-state index contributed by atoms with van der Waals surface area (Å²) < 4.78 is 5.72. The summed E-state index contributed by atoms with van der Waals surface area (Å²) in [5.41, 5.74) is 1.12. The zero-order chi connectivity index (χ0) is 18.8. The Morgan fingerprint density at radius 3 is 2.96 bits per heavy atom. The van der Waals surface area contributed by atoms with E-state index in [2.05, 4.69) is 28.3 Å². The first-order valence-electron chi connectivity index (χ1n) is 8.77. The van der Waals surface area contributed by atoms with Crippen LogP contribution in [0.5, 0.6) is 5.75 Å². The van der Waals surface area contributed by atoms with Gasteiger partial charge in [0.2, 0.25) is 5.91 Å². The summed E-state index contributed by atoms with van der Waals surface area (Å²) in [4.78, 5) is 17.9. The van der Waals surface area contributed by atoms with Crippen molar-refractivity contribution in [2.45, 2.75) is 12.5 Å². The van der Waals surface area contributed by atoms with E-state index in [1.54, 1.807) is 30.8 Å². The third kappa shape index (κ3) is 8.00. The van der Waals surface area contributed by atoms with E-state index < -0.39 is 0 Å². The van der Waals surface area contributed by atoms with Crippen LogP contribution in [0.1, 0.15) is 18.0 Å². The Labute approximate surface area is 183 Å². The number of nitrogens with zero attached hydrogens (tertiary/aromatic N) is 2. The number of halogens is 1. The molecule has 0 aromatic heterocycles. The first-order valence-corrected chi connectivity index (χ1v) is 9.92. The number of carbonyl (C=O) groups excluding carboxylic acids is 1. The van der Waals surface area contributed by atoms with E-state index >= 15 is 0 Å². The number of amides is 1. The fourth-order valence-electron chi connectivity index (χ4n) is 2.51. The Morgan fingerprint density at radius 2 is 2.22 bits per heavy atom. The number of carbonyl (C=O) groups is 1. The van der Waals surface area contributed by atoms with Gasteiger partial charge in [0.05, 0.1) is 12.6 Å². The zero-order valence-electron chi connectivity index (χ0n) is 15.9. The number of ether oxygens (including phenoxy) is 1. The molecule has 0 aliphatic carbocycles. The van der Waals surface area contributed by atoms with Crippen LogP contribution in [0, 0.1) is 0 Å². The molecule has 27 heavy (non-hydrogen) atoms. The van der Waals surface area contributed by atoms with Gasteiger partial charge < -0.3 is 20.3 Å². The smallest absolute Gasteiger partial charge is 0.243 e. The average molecular weight is 504 g/mol. The maximum atomic E-state index is 11.9. The third-order valence-corrected chi connectivity index (χ3v) is 4.88. The lowest BCUT2D eigenvalue weighted by atomic mass is 10.0. The molecule has 0 radical (unpaired) electrons. The van der Waals surface area contributed by atoms with Crippen LogP contribution < -0.4 is 15.4 Å². The Bertz CT molecular complexity index is 640. The molecule has 1 amide bonds. The van der Waals surface area contributed by atoms with Crippen molar-refractivity contribution >= 4 is 47.6 Å². The first kappa shape index (κ1) is 23.6. The van der Waals surface area contributed by atoms with Crippen LogP contribution in [0.15, 0.2) is 41.9 Å². The van der Waals surface area contributed by atoms with Crippen molar-refractivity contribution in [2.75, 3.05) is 45.3 Å². The molecule has 1 aromatic rings. The molecule has 2 rings (SSSR count). The highest BCUT2D eigenvalue weighted by Crippen LogP contribution is 2.31. The zero-order valence-corrected chi connectivity index (χ0v) is 19.1. The lowest BCUT2D eigenvalue weighted by molar-refractivity contribution is -0.127. The van der Waals surface area contributed by atoms with Crippen LogP contribution in [-0.4, -0.2) is 62.1 Å². The van der Waals surface area contributed by atoms with Gasteiger partial charge in [-0.3, -0.25) is 4.79 Å². The minimum absolute atomic E-state index is 0. The Hall–Kier alpha value is -1.42. The van der Waals surface area contributed by atoms with Gasteiger partial charge in [0.15, 0.2) is 5.96 Å². The number of thioether (sulfide) groups is 1. The fraction of sp³-hybridized carbons (Fsp3) is 0.474. The van der Waals surface area contributed by atoms with E-state index in [0.29, 0.717) is 12.6 Å². The van der Waals surface area contributed by atoms with Gasteiger partial charge in [-0.25, -0.2) is 4.99 Å². The van der Waals surface area contributed by atoms with Crippen molar-refractivity contribution in [3.8, 4) is 5.75 Å². The van der Waals surface area contributed by atoms with Gasteiger partial charge in [-0.05, 0) is 6.07 Å². The molecule has 0 fully saturated rings. The number of hydrogen-bond donors (Lipinski definition) is 2. The van der Waals surface area contributed by atoms with Crippen molar-refractivity contribution in [1.82, 2.24) is 15.5 Å². The molecule has 1 atom stereocenters. The lowest BCUT2D eigenvalue weighted by Crippen LogP contribution is -2.42. The largest absolute Gasteiger partial charge is 0.493 e. The van der Waals surface area contributed by atoms with Gasteiger partial charge >= 0.3 is 0 Å². The number of hydrogen-bond acceptors (Lipinski definition) is 4. The predicted octanol–water partition coefficient (Wildman–Crippen LogP) is 2.67. The van der Waals surface area contributed by atoms with Crippen LogP contribution in [-0.2, 0) is 4.79 Å². The molecule has 6 nitrogen and oxygen atoms in total. The normalized spacial score (nSPS) is 15.6. The quantitative estimate of drug-likeness (QED) is 0.188. The standard InChI is InChI=1S/C19H28N4O2S.HI/c1-4-12-26-13-10-20-19(21-14-18(24)23(2)3)22-16-9-11-25-17-8-6-5-7-15(16)17;/h4-8,16H,1,9-14H2,2-3H3,(H2,20,21,22);1H. The highest BCUT2D eigenvalue weighted by Gasteiger charge is 2.22. The van der Waals surface area contributed by atoms with E-state index in [0.717, 1.165) is 35.8 Å². The summed E-state index contributed by atoms with van der Waals surface area (Å²) in [6.45, 7) is 5.27. The van der Waals surface area contributed by atoms with E-state index in [-0.39, 0.29) is 42.5 Å². The molecular weight excluding hydrogens is 475 g/mol. The molecule has 1 aliphatic heterocycles.